The Kier molecular flexibility index (Phi) is 3.62. The van der Waals surface area contributed by atoms with E-state index in [9.17, 15) is 34.5 Å². The molecule has 0 aliphatic heterocycles. The highest BCUT2D eigenvalue weighted by atomic mass is 16.4. The molecule has 0 amide bonds. The van der Waals surface area contributed by atoms with Crippen molar-refractivity contribution in [3.63, 3.8) is 0 Å². The lowest BCUT2D eigenvalue weighted by Crippen LogP contribution is -2.12. The van der Waals surface area contributed by atoms with E-state index in [4.69, 9.17) is 0 Å². The summed E-state index contributed by atoms with van der Waals surface area (Å²) < 4.78 is 1.22. The van der Waals surface area contributed by atoms with Crippen LogP contribution < -0.4 is 5.43 Å². The second-order valence-electron chi connectivity index (χ2n) is 6.87. The molecule has 0 saturated heterocycles. The number of pyridine rings is 1. The van der Waals surface area contributed by atoms with Gasteiger partial charge in [-0.25, -0.2) is 19.4 Å². The van der Waals surface area contributed by atoms with Gasteiger partial charge in [0.1, 0.15) is 22.7 Å². The van der Waals surface area contributed by atoms with Crippen molar-refractivity contribution in [1.29, 1.82) is 0 Å². The van der Waals surface area contributed by atoms with Crippen molar-refractivity contribution in [2.45, 2.75) is 0 Å². The molecule has 4 N–H and O–H groups in total. The molecule has 10 nitrogen and oxygen atoms in total. The first-order chi connectivity index (χ1) is 14.8. The number of nitrogens with one attached hydrogen (secondary N) is 1. The number of aromatic nitrogens is 3. The molecule has 0 bridgehead atoms. The molecular formula is C21H11N3O7. The number of carbonyl (C=O) groups is 3. The number of rotatable bonds is 4. The van der Waals surface area contributed by atoms with Gasteiger partial charge in [-0.3, -0.25) is 9.20 Å². The topological polar surface area (TPSA) is 162 Å². The van der Waals surface area contributed by atoms with Crippen LogP contribution in [0.4, 0.5) is 0 Å². The van der Waals surface area contributed by atoms with Gasteiger partial charge in [-0.05, 0) is 12.1 Å². The molecule has 5 aromatic rings. The van der Waals surface area contributed by atoms with Gasteiger partial charge >= 0.3 is 17.9 Å². The highest BCUT2D eigenvalue weighted by molar-refractivity contribution is 6.21. The fourth-order valence-corrected chi connectivity index (χ4v) is 3.88. The van der Waals surface area contributed by atoms with Crippen LogP contribution in [0.5, 0.6) is 0 Å². The third-order valence-electron chi connectivity index (χ3n) is 5.14. The Morgan fingerprint density at radius 2 is 1.65 bits per heavy atom. The van der Waals surface area contributed by atoms with Gasteiger partial charge in [0, 0.05) is 10.9 Å². The maximum Gasteiger partial charge on any atom is 0.352 e. The van der Waals surface area contributed by atoms with E-state index >= 15 is 0 Å². The molecule has 31 heavy (non-hydrogen) atoms. The number of fused-ring (bicyclic) bond motifs is 2. The van der Waals surface area contributed by atoms with E-state index < -0.39 is 34.6 Å². The number of aromatic carboxylic acids is 3. The Morgan fingerprint density at radius 3 is 2.26 bits per heavy atom. The minimum Gasteiger partial charge on any atom is -0.478 e. The predicted molar refractivity (Wildman–Crippen MR) is 108 cm³/mol. The molecular weight excluding hydrogens is 406 g/mol. The first kappa shape index (κ1) is 18.3. The van der Waals surface area contributed by atoms with Crippen molar-refractivity contribution < 1.29 is 29.7 Å². The van der Waals surface area contributed by atoms with E-state index in [1.807, 2.05) is 0 Å². The Hall–Kier alpha value is -4.73. The Balaban J connectivity index is 2.12. The van der Waals surface area contributed by atoms with Crippen LogP contribution in [0.15, 0.2) is 47.3 Å². The van der Waals surface area contributed by atoms with Crippen molar-refractivity contribution in [3.05, 3.63) is 69.6 Å². The second-order valence-corrected chi connectivity index (χ2v) is 6.87. The fraction of sp³-hybridized carbons (Fsp3) is 0. The summed E-state index contributed by atoms with van der Waals surface area (Å²) >= 11 is 0. The zero-order valence-electron chi connectivity index (χ0n) is 15.4. The van der Waals surface area contributed by atoms with E-state index in [2.05, 4.69) is 9.97 Å². The zero-order chi connectivity index (χ0) is 22.0. The summed E-state index contributed by atoms with van der Waals surface area (Å²) in [6, 6.07) is 10.6. The molecule has 0 spiro atoms. The maximum atomic E-state index is 13.2. The van der Waals surface area contributed by atoms with Crippen LogP contribution in [0.3, 0.4) is 0 Å². The fourth-order valence-electron chi connectivity index (χ4n) is 3.88. The number of nitrogens with zero attached hydrogens (tertiary/aromatic N) is 2. The molecule has 3 aromatic heterocycles. The summed E-state index contributed by atoms with van der Waals surface area (Å²) in [6.07, 6.45) is 0. The highest BCUT2D eigenvalue weighted by Crippen LogP contribution is 2.34. The van der Waals surface area contributed by atoms with Crippen LogP contribution in [0, 0.1) is 0 Å². The second kappa shape index (κ2) is 6.13. The van der Waals surface area contributed by atoms with Crippen molar-refractivity contribution >= 4 is 45.2 Å². The molecule has 0 fully saturated rings. The monoisotopic (exact) mass is 417 g/mol. The number of benzene rings is 2. The molecule has 0 atom stereocenters. The van der Waals surface area contributed by atoms with Crippen LogP contribution in [-0.2, 0) is 0 Å². The third-order valence-corrected chi connectivity index (χ3v) is 5.14. The average Bonchev–Trinajstić information content (AvgIpc) is 3.35. The molecule has 0 aliphatic rings. The molecule has 3 heterocycles. The number of carboxylic acids is 3. The normalized spacial score (nSPS) is 11.5. The molecule has 2 aromatic carbocycles. The van der Waals surface area contributed by atoms with Gasteiger partial charge in [0.25, 0.3) is 0 Å². The number of carboxylic acid groups (broad SMARTS) is 3. The Labute approximate surface area is 171 Å². The van der Waals surface area contributed by atoms with Crippen molar-refractivity contribution in [3.8, 4) is 11.4 Å². The van der Waals surface area contributed by atoms with Crippen molar-refractivity contribution in [1.82, 2.24) is 14.4 Å². The number of hydrogen-bond donors (Lipinski definition) is 4. The number of aromatic amines is 1. The van der Waals surface area contributed by atoms with Gasteiger partial charge in [0.15, 0.2) is 0 Å². The Morgan fingerprint density at radius 1 is 0.935 bits per heavy atom. The van der Waals surface area contributed by atoms with Gasteiger partial charge in [0.05, 0.1) is 22.0 Å². The van der Waals surface area contributed by atoms with Crippen LogP contribution in [0.2, 0.25) is 0 Å². The largest absolute Gasteiger partial charge is 0.478 e. The van der Waals surface area contributed by atoms with Gasteiger partial charge in [-0.15, -0.1) is 0 Å². The maximum absolute atomic E-state index is 13.2. The van der Waals surface area contributed by atoms with Gasteiger partial charge in [0.2, 0.25) is 5.43 Å². The molecule has 0 radical (unpaired) electrons. The number of H-pyrrole nitrogens is 1. The molecule has 0 aliphatic carbocycles. The number of hydrogen-bond acceptors (Lipinski definition) is 5. The van der Waals surface area contributed by atoms with Crippen LogP contribution in [0.25, 0.3) is 38.7 Å². The average molecular weight is 417 g/mol. The SMILES string of the molecule is O=C(O)c1cc2c(=O)c3nc(-c4ccccc4)n4c(C(=O)O)cc(C(=O)O)c(c2[nH]1)c34. The highest BCUT2D eigenvalue weighted by Gasteiger charge is 2.28. The Bertz CT molecular complexity index is 1630. The minimum atomic E-state index is -1.43. The standard InChI is InChI=1S/C21H11N3O7/c25-17-10-6-11(20(28)29)22-14(10)13-9(19(26)27)7-12(21(30)31)24-16(13)15(17)23-18(24)8-4-2-1-3-5-8/h1-7,22H,(H,26,27)(H,28,29)(H,30,31). The van der Waals surface area contributed by atoms with E-state index in [-0.39, 0.29) is 38.8 Å². The van der Waals surface area contributed by atoms with Crippen LogP contribution in [0.1, 0.15) is 31.3 Å². The lowest BCUT2D eigenvalue weighted by Gasteiger charge is -2.11. The molecule has 0 unspecified atom stereocenters. The summed E-state index contributed by atoms with van der Waals surface area (Å²) in [5, 5.41) is 28.8. The van der Waals surface area contributed by atoms with E-state index in [1.165, 1.54) is 4.40 Å². The summed E-state index contributed by atoms with van der Waals surface area (Å²) in [4.78, 5) is 55.5. The van der Waals surface area contributed by atoms with Gasteiger partial charge in [-0.2, -0.15) is 0 Å². The van der Waals surface area contributed by atoms with Gasteiger partial charge < -0.3 is 20.3 Å². The lowest BCUT2D eigenvalue weighted by molar-refractivity contribution is 0.0677. The van der Waals surface area contributed by atoms with E-state index in [0.29, 0.717) is 5.56 Å². The number of imidazole rings is 1. The van der Waals surface area contributed by atoms with E-state index in [1.54, 1.807) is 30.3 Å². The quantitative estimate of drug-likeness (QED) is 0.347. The molecule has 10 heteroatoms. The smallest absolute Gasteiger partial charge is 0.352 e. The summed E-state index contributed by atoms with van der Waals surface area (Å²) in [5.74, 6) is -4.02. The van der Waals surface area contributed by atoms with Crippen LogP contribution in [-0.4, -0.2) is 47.6 Å². The van der Waals surface area contributed by atoms with Crippen molar-refractivity contribution in [2.75, 3.05) is 0 Å². The third kappa shape index (κ3) is 2.42. The summed E-state index contributed by atoms with van der Waals surface area (Å²) in [6.45, 7) is 0. The first-order valence-corrected chi connectivity index (χ1v) is 8.92. The van der Waals surface area contributed by atoms with Crippen molar-refractivity contribution in [2.24, 2.45) is 0 Å². The van der Waals surface area contributed by atoms with E-state index in [0.717, 1.165) is 12.1 Å². The minimum absolute atomic E-state index is 0.00396. The summed E-state index contributed by atoms with van der Waals surface area (Å²) in [5.41, 5.74) is -1.37. The predicted octanol–water partition coefficient (Wildman–Crippen LogP) is 2.53. The molecule has 152 valence electrons. The van der Waals surface area contributed by atoms with Crippen LogP contribution >= 0.6 is 0 Å². The first-order valence-electron chi connectivity index (χ1n) is 8.92. The molecule has 5 rings (SSSR count). The lowest BCUT2D eigenvalue weighted by atomic mass is 10.0. The molecule has 0 saturated carbocycles. The zero-order valence-corrected chi connectivity index (χ0v) is 15.4. The summed E-state index contributed by atoms with van der Waals surface area (Å²) in [7, 11) is 0. The van der Waals surface area contributed by atoms with Gasteiger partial charge in [-0.1, -0.05) is 30.3 Å².